The summed E-state index contributed by atoms with van der Waals surface area (Å²) in [6.07, 6.45) is 4.39. The van der Waals surface area contributed by atoms with Crippen LogP contribution in [0.2, 0.25) is 0 Å². The van der Waals surface area contributed by atoms with E-state index in [2.05, 4.69) is 15.6 Å². The second kappa shape index (κ2) is 10.3. The van der Waals surface area contributed by atoms with E-state index in [0.717, 1.165) is 16.7 Å². The van der Waals surface area contributed by atoms with Crippen molar-refractivity contribution in [3.8, 4) is 0 Å². The van der Waals surface area contributed by atoms with Crippen LogP contribution in [0, 0.1) is 13.8 Å². The number of likely N-dealkylation sites (N-methyl/N-ethyl adjacent to an activating group) is 1. The topological polar surface area (TPSA) is 112 Å². The van der Waals surface area contributed by atoms with Gasteiger partial charge in [-0.1, -0.05) is 6.07 Å². The summed E-state index contributed by atoms with van der Waals surface area (Å²) in [5.41, 5.74) is 3.93. The minimum absolute atomic E-state index is 0.101. The Kier molecular flexibility index (Phi) is 7.83. The molecule has 2 rings (SSSR count). The van der Waals surface area contributed by atoms with E-state index < -0.39 is 5.91 Å². The Morgan fingerprint density at radius 3 is 2.50 bits per heavy atom. The van der Waals surface area contributed by atoms with E-state index in [1.54, 1.807) is 25.3 Å². The van der Waals surface area contributed by atoms with Crippen LogP contribution in [0.4, 0.5) is 11.5 Å². The average Bonchev–Trinajstić information content (AvgIpc) is 2.71. The number of carbonyl (C=O) groups excluding carboxylic acids is 3. The quantitative estimate of drug-likeness (QED) is 0.604. The lowest BCUT2D eigenvalue weighted by molar-refractivity contribution is -0.122. The molecule has 2 aromatic rings. The van der Waals surface area contributed by atoms with Gasteiger partial charge in [-0.25, -0.2) is 4.98 Å². The van der Waals surface area contributed by atoms with Gasteiger partial charge < -0.3 is 20.6 Å². The maximum atomic E-state index is 12.5. The first-order valence-electron chi connectivity index (χ1n) is 9.39. The van der Waals surface area contributed by atoms with E-state index in [9.17, 15) is 19.5 Å². The maximum absolute atomic E-state index is 12.5. The Balaban J connectivity index is 1.93. The number of carbonyl (C=O) groups is 3. The number of aliphatic hydroxyl groups excluding tert-OH is 1. The summed E-state index contributed by atoms with van der Waals surface area (Å²) in [6.45, 7) is 4.88. The molecule has 0 spiro atoms. The summed E-state index contributed by atoms with van der Waals surface area (Å²) in [6, 6.07) is 7.01. The molecule has 0 unspecified atom stereocenters. The van der Waals surface area contributed by atoms with Crippen LogP contribution in [0.15, 0.2) is 36.5 Å². The molecule has 1 heterocycles. The third kappa shape index (κ3) is 5.99. The number of anilines is 2. The number of aliphatic hydroxyl groups is 1. The highest BCUT2D eigenvalue weighted by Crippen LogP contribution is 2.25. The number of amides is 3. The van der Waals surface area contributed by atoms with Gasteiger partial charge in [0.25, 0.3) is 0 Å². The monoisotopic (exact) mass is 410 g/mol. The molecule has 1 aromatic heterocycles. The number of rotatable bonds is 7. The van der Waals surface area contributed by atoms with E-state index in [0.29, 0.717) is 17.1 Å². The molecule has 0 aliphatic carbocycles. The third-order valence-corrected chi connectivity index (χ3v) is 4.63. The molecule has 8 heteroatoms. The summed E-state index contributed by atoms with van der Waals surface area (Å²) in [7, 11) is 1.63. The second-order valence-corrected chi connectivity index (χ2v) is 6.83. The number of nitrogens with one attached hydrogen (secondary N) is 2. The van der Waals surface area contributed by atoms with E-state index in [1.807, 2.05) is 26.0 Å². The molecular formula is C22H26N4O4. The van der Waals surface area contributed by atoms with Gasteiger partial charge in [0.15, 0.2) is 0 Å². The summed E-state index contributed by atoms with van der Waals surface area (Å²) < 4.78 is 0. The van der Waals surface area contributed by atoms with Crippen LogP contribution in [0.25, 0.3) is 6.08 Å². The number of benzene rings is 1. The molecule has 0 aliphatic rings. The molecule has 0 atom stereocenters. The molecule has 8 nitrogen and oxygen atoms in total. The Labute approximate surface area is 175 Å². The van der Waals surface area contributed by atoms with Crippen molar-refractivity contribution < 1.29 is 19.5 Å². The van der Waals surface area contributed by atoms with Crippen LogP contribution < -0.4 is 15.5 Å². The Morgan fingerprint density at radius 1 is 1.17 bits per heavy atom. The lowest BCUT2D eigenvalue weighted by atomic mass is 10.0. The zero-order valence-electron chi connectivity index (χ0n) is 17.5. The number of pyridine rings is 1. The van der Waals surface area contributed by atoms with Crippen molar-refractivity contribution in [3.63, 3.8) is 0 Å². The number of hydrogen-bond donors (Lipinski definition) is 3. The Morgan fingerprint density at radius 2 is 1.90 bits per heavy atom. The fourth-order valence-corrected chi connectivity index (χ4v) is 2.89. The van der Waals surface area contributed by atoms with Crippen molar-refractivity contribution in [2.24, 2.45) is 0 Å². The molecule has 0 radical (unpaired) electrons. The van der Waals surface area contributed by atoms with Crippen LogP contribution in [0.1, 0.15) is 29.2 Å². The highest BCUT2D eigenvalue weighted by atomic mass is 16.3. The summed E-state index contributed by atoms with van der Waals surface area (Å²) in [5.74, 6) is -0.491. The molecule has 1 aromatic carbocycles. The Bertz CT molecular complexity index is 968. The van der Waals surface area contributed by atoms with Gasteiger partial charge in [0, 0.05) is 31.9 Å². The molecule has 0 bridgehead atoms. The lowest BCUT2D eigenvalue weighted by Gasteiger charge is -2.22. The zero-order chi connectivity index (χ0) is 22.3. The lowest BCUT2D eigenvalue weighted by Crippen LogP contribution is -2.38. The van der Waals surface area contributed by atoms with E-state index in [-0.39, 0.29) is 25.0 Å². The van der Waals surface area contributed by atoms with E-state index in [4.69, 9.17) is 0 Å². The van der Waals surface area contributed by atoms with E-state index in [1.165, 1.54) is 24.1 Å². The molecule has 0 saturated carbocycles. The van der Waals surface area contributed by atoms with Crippen LogP contribution in [0.3, 0.4) is 0 Å². The highest BCUT2D eigenvalue weighted by Gasteiger charge is 2.16. The average molecular weight is 410 g/mol. The first-order chi connectivity index (χ1) is 14.2. The van der Waals surface area contributed by atoms with Gasteiger partial charge in [0.1, 0.15) is 5.82 Å². The fraction of sp³-hybridized carbons (Fsp3) is 0.273. The predicted octanol–water partition coefficient (Wildman–Crippen LogP) is 1.94. The molecular weight excluding hydrogens is 384 g/mol. The van der Waals surface area contributed by atoms with Gasteiger partial charge in [-0.05, 0) is 60.4 Å². The van der Waals surface area contributed by atoms with Gasteiger partial charge >= 0.3 is 0 Å². The molecule has 0 fully saturated rings. The summed E-state index contributed by atoms with van der Waals surface area (Å²) >= 11 is 0. The van der Waals surface area contributed by atoms with E-state index >= 15 is 0 Å². The smallest absolute Gasteiger partial charge is 0.246 e. The van der Waals surface area contributed by atoms with Crippen molar-refractivity contribution in [2.45, 2.75) is 27.4 Å². The van der Waals surface area contributed by atoms with Crippen LogP contribution in [-0.2, 0) is 21.0 Å². The van der Waals surface area contributed by atoms with Gasteiger partial charge in [-0.2, -0.15) is 0 Å². The van der Waals surface area contributed by atoms with Gasteiger partial charge in [0.2, 0.25) is 17.7 Å². The minimum Gasteiger partial charge on any atom is -0.392 e. The van der Waals surface area contributed by atoms with Crippen molar-refractivity contribution in [1.82, 2.24) is 10.3 Å². The molecule has 158 valence electrons. The highest BCUT2D eigenvalue weighted by molar-refractivity contribution is 5.99. The van der Waals surface area contributed by atoms with Crippen LogP contribution >= 0.6 is 0 Å². The molecule has 0 saturated heterocycles. The van der Waals surface area contributed by atoms with Crippen LogP contribution in [-0.4, -0.2) is 41.4 Å². The van der Waals surface area contributed by atoms with Crippen molar-refractivity contribution in [1.29, 1.82) is 0 Å². The van der Waals surface area contributed by atoms with Crippen molar-refractivity contribution in [3.05, 3.63) is 58.8 Å². The zero-order valence-corrected chi connectivity index (χ0v) is 17.5. The molecule has 0 aliphatic heterocycles. The minimum atomic E-state index is -0.417. The van der Waals surface area contributed by atoms with Gasteiger partial charge in [-0.15, -0.1) is 0 Å². The number of aryl methyl sites for hydroxylation is 1. The standard InChI is InChI=1S/C22H26N4O4/c1-14-5-8-19(15(2)18(14)13-27)26(4)22(30)12-24-21(29)10-7-17-6-9-20(23-11-17)25-16(3)28/h5-11,27H,12-13H2,1-4H3,(H,24,29)(H,23,25,28). The Hall–Kier alpha value is -3.52. The normalized spacial score (nSPS) is 10.7. The molecule has 3 N–H and O–H groups in total. The fourth-order valence-electron chi connectivity index (χ4n) is 2.89. The van der Waals surface area contributed by atoms with Crippen molar-refractivity contribution in [2.75, 3.05) is 23.8 Å². The summed E-state index contributed by atoms with van der Waals surface area (Å²) in [4.78, 5) is 41.0. The SMILES string of the molecule is CC(=O)Nc1ccc(C=CC(=O)NCC(=O)N(C)c2ccc(C)c(CO)c2C)cn1. The largest absolute Gasteiger partial charge is 0.392 e. The van der Waals surface area contributed by atoms with Crippen LogP contribution in [0.5, 0.6) is 0 Å². The molecule has 3 amide bonds. The number of aromatic nitrogens is 1. The predicted molar refractivity (Wildman–Crippen MR) is 116 cm³/mol. The maximum Gasteiger partial charge on any atom is 0.246 e. The van der Waals surface area contributed by atoms with Gasteiger partial charge in [0.05, 0.1) is 13.2 Å². The first kappa shape index (κ1) is 22.8. The number of hydrogen-bond acceptors (Lipinski definition) is 5. The third-order valence-electron chi connectivity index (χ3n) is 4.63. The second-order valence-electron chi connectivity index (χ2n) is 6.83. The first-order valence-corrected chi connectivity index (χ1v) is 9.39. The molecule has 30 heavy (non-hydrogen) atoms. The van der Waals surface area contributed by atoms with Crippen molar-refractivity contribution >= 4 is 35.3 Å². The van der Waals surface area contributed by atoms with Gasteiger partial charge in [-0.3, -0.25) is 14.4 Å². The summed E-state index contributed by atoms with van der Waals surface area (Å²) in [5, 5.41) is 14.7. The number of nitrogens with zero attached hydrogens (tertiary/aromatic N) is 2.